The van der Waals surface area contributed by atoms with Crippen molar-refractivity contribution in [2.75, 3.05) is 0 Å². The Morgan fingerprint density at radius 2 is 1.76 bits per heavy atom. The van der Waals surface area contributed by atoms with Crippen molar-refractivity contribution in [1.29, 1.82) is 0 Å². The summed E-state index contributed by atoms with van der Waals surface area (Å²) in [5, 5.41) is 2.61. The van der Waals surface area contributed by atoms with E-state index in [4.69, 9.17) is 10.7 Å². The summed E-state index contributed by atoms with van der Waals surface area (Å²) >= 11 is 0. The first kappa shape index (κ1) is 17.8. The molecule has 1 aromatic carbocycles. The van der Waals surface area contributed by atoms with Crippen LogP contribution in [0.25, 0.3) is 0 Å². The van der Waals surface area contributed by atoms with Crippen LogP contribution >= 0.6 is 10.7 Å². The molecule has 1 amide bonds. The van der Waals surface area contributed by atoms with Crippen molar-refractivity contribution in [3.8, 4) is 0 Å². The van der Waals surface area contributed by atoms with Crippen LogP contribution in [0.1, 0.15) is 44.0 Å². The number of nitrogens with one attached hydrogen (secondary N) is 1. The summed E-state index contributed by atoms with van der Waals surface area (Å²) in [4.78, 5) is 11.2. The standard InChI is InChI=1S/C13H16ClF2NO3S/c1-4-13(3,5-2)17-12(18)8-6-11(21(14,19)20)10(16)7-9(8)15/h6-7H,4-5H2,1-3H3,(H,17,18). The molecule has 0 aliphatic carbocycles. The van der Waals surface area contributed by atoms with Crippen LogP contribution in [-0.2, 0) is 9.05 Å². The number of carbonyl (C=O) groups is 1. The van der Waals surface area contributed by atoms with Crippen LogP contribution in [0.2, 0.25) is 0 Å². The second-order valence-corrected chi connectivity index (χ2v) is 7.46. The Labute approximate surface area is 126 Å². The zero-order valence-corrected chi connectivity index (χ0v) is 13.4. The second kappa shape index (κ2) is 6.27. The van der Waals surface area contributed by atoms with Gasteiger partial charge in [-0.2, -0.15) is 0 Å². The van der Waals surface area contributed by atoms with Gasteiger partial charge in [0, 0.05) is 22.3 Å². The molecule has 0 saturated heterocycles. The molecule has 8 heteroatoms. The fourth-order valence-electron chi connectivity index (χ4n) is 1.66. The third-order valence-electron chi connectivity index (χ3n) is 3.50. The van der Waals surface area contributed by atoms with Crippen molar-refractivity contribution in [2.45, 2.75) is 44.0 Å². The van der Waals surface area contributed by atoms with E-state index in [1.807, 2.05) is 13.8 Å². The maximum Gasteiger partial charge on any atom is 0.264 e. The van der Waals surface area contributed by atoms with E-state index in [9.17, 15) is 22.0 Å². The topological polar surface area (TPSA) is 63.2 Å². The molecule has 0 saturated carbocycles. The first-order chi connectivity index (χ1) is 9.54. The Morgan fingerprint density at radius 3 is 2.19 bits per heavy atom. The average Bonchev–Trinajstić information content (AvgIpc) is 2.36. The molecule has 1 N–H and O–H groups in total. The third kappa shape index (κ3) is 4.14. The van der Waals surface area contributed by atoms with Crippen LogP contribution < -0.4 is 5.32 Å². The van der Waals surface area contributed by atoms with Gasteiger partial charge in [-0.1, -0.05) is 13.8 Å². The second-order valence-electron chi connectivity index (χ2n) is 4.92. The summed E-state index contributed by atoms with van der Waals surface area (Å²) in [6, 6.07) is 0.938. The predicted molar refractivity (Wildman–Crippen MR) is 75.9 cm³/mol. The lowest BCUT2D eigenvalue weighted by atomic mass is 9.95. The molecule has 0 aliphatic heterocycles. The SMILES string of the molecule is CCC(C)(CC)NC(=O)c1cc(S(=O)(=O)Cl)c(F)cc1F. The van der Waals surface area contributed by atoms with Crippen LogP contribution in [0.4, 0.5) is 8.78 Å². The molecular weight excluding hydrogens is 324 g/mol. The highest BCUT2D eigenvalue weighted by Crippen LogP contribution is 2.23. The Balaban J connectivity index is 3.28. The van der Waals surface area contributed by atoms with E-state index in [0.717, 1.165) is 0 Å². The van der Waals surface area contributed by atoms with Crippen LogP contribution in [0, 0.1) is 11.6 Å². The zero-order chi connectivity index (χ0) is 16.4. The van der Waals surface area contributed by atoms with Gasteiger partial charge < -0.3 is 5.32 Å². The van der Waals surface area contributed by atoms with Crippen molar-refractivity contribution in [1.82, 2.24) is 5.32 Å². The molecule has 0 aliphatic rings. The number of hydrogen-bond donors (Lipinski definition) is 1. The summed E-state index contributed by atoms with van der Waals surface area (Å²) in [6.07, 6.45) is 1.19. The smallest absolute Gasteiger partial charge is 0.264 e. The van der Waals surface area contributed by atoms with Gasteiger partial charge >= 0.3 is 0 Å². The van der Waals surface area contributed by atoms with Gasteiger partial charge in [0.25, 0.3) is 15.0 Å². The number of rotatable bonds is 5. The summed E-state index contributed by atoms with van der Waals surface area (Å²) in [5.74, 6) is -3.31. The molecule has 0 unspecified atom stereocenters. The van der Waals surface area contributed by atoms with Crippen molar-refractivity contribution in [3.63, 3.8) is 0 Å². The fraction of sp³-hybridized carbons (Fsp3) is 0.462. The van der Waals surface area contributed by atoms with E-state index in [0.29, 0.717) is 25.0 Å². The normalized spacial score (nSPS) is 12.3. The summed E-state index contributed by atoms with van der Waals surface area (Å²) in [7, 11) is 0.648. The Bertz CT molecular complexity index is 658. The molecule has 21 heavy (non-hydrogen) atoms. The van der Waals surface area contributed by atoms with E-state index < -0.39 is 42.6 Å². The Kier molecular flexibility index (Phi) is 5.33. The summed E-state index contributed by atoms with van der Waals surface area (Å²) in [5.41, 5.74) is -1.14. The van der Waals surface area contributed by atoms with E-state index >= 15 is 0 Å². The van der Waals surface area contributed by atoms with Gasteiger partial charge in [-0.15, -0.1) is 0 Å². The molecule has 0 atom stereocenters. The Hall–Kier alpha value is -1.21. The minimum Gasteiger partial charge on any atom is -0.347 e. The lowest BCUT2D eigenvalue weighted by Gasteiger charge is -2.28. The van der Waals surface area contributed by atoms with Gasteiger partial charge in [0.05, 0.1) is 5.56 Å². The van der Waals surface area contributed by atoms with E-state index in [1.54, 1.807) is 6.92 Å². The van der Waals surface area contributed by atoms with Gasteiger partial charge in [0.15, 0.2) is 0 Å². The van der Waals surface area contributed by atoms with E-state index in [1.165, 1.54) is 0 Å². The van der Waals surface area contributed by atoms with E-state index in [-0.39, 0.29) is 0 Å². The molecule has 0 aromatic heterocycles. The van der Waals surface area contributed by atoms with Gasteiger partial charge in [-0.05, 0) is 25.8 Å². The molecule has 118 valence electrons. The molecule has 0 heterocycles. The van der Waals surface area contributed by atoms with Gasteiger partial charge in [-0.25, -0.2) is 17.2 Å². The molecule has 0 spiro atoms. The summed E-state index contributed by atoms with van der Waals surface area (Å²) < 4.78 is 49.6. The highest BCUT2D eigenvalue weighted by Gasteiger charge is 2.27. The predicted octanol–water partition coefficient (Wildman–Crippen LogP) is 3.20. The lowest BCUT2D eigenvalue weighted by Crippen LogP contribution is -2.45. The quantitative estimate of drug-likeness (QED) is 0.838. The molecule has 0 radical (unpaired) electrons. The largest absolute Gasteiger partial charge is 0.347 e. The van der Waals surface area contributed by atoms with Crippen molar-refractivity contribution >= 4 is 25.6 Å². The molecule has 0 bridgehead atoms. The van der Waals surface area contributed by atoms with Crippen molar-refractivity contribution in [3.05, 3.63) is 29.3 Å². The van der Waals surface area contributed by atoms with Crippen LogP contribution in [0.3, 0.4) is 0 Å². The highest BCUT2D eigenvalue weighted by atomic mass is 35.7. The minimum atomic E-state index is -4.41. The van der Waals surface area contributed by atoms with Gasteiger partial charge in [0.2, 0.25) is 0 Å². The van der Waals surface area contributed by atoms with Crippen LogP contribution in [-0.4, -0.2) is 19.9 Å². The van der Waals surface area contributed by atoms with Crippen molar-refractivity contribution < 1.29 is 22.0 Å². The lowest BCUT2D eigenvalue weighted by molar-refractivity contribution is 0.0896. The average molecular weight is 340 g/mol. The van der Waals surface area contributed by atoms with Crippen LogP contribution in [0.5, 0.6) is 0 Å². The first-order valence-electron chi connectivity index (χ1n) is 6.30. The minimum absolute atomic E-state index is 0.333. The Morgan fingerprint density at radius 1 is 1.24 bits per heavy atom. The number of benzene rings is 1. The first-order valence-corrected chi connectivity index (χ1v) is 8.61. The molecule has 1 rings (SSSR count). The molecule has 0 fully saturated rings. The number of carbonyl (C=O) groups excluding carboxylic acids is 1. The number of amides is 1. The number of hydrogen-bond acceptors (Lipinski definition) is 3. The highest BCUT2D eigenvalue weighted by molar-refractivity contribution is 8.13. The maximum absolute atomic E-state index is 13.7. The fourth-order valence-corrected chi connectivity index (χ4v) is 2.56. The molecule has 4 nitrogen and oxygen atoms in total. The molecular formula is C13H16ClF2NO3S. The van der Waals surface area contributed by atoms with Crippen molar-refractivity contribution in [2.24, 2.45) is 0 Å². The maximum atomic E-state index is 13.7. The number of halogens is 3. The third-order valence-corrected chi connectivity index (χ3v) is 4.84. The monoisotopic (exact) mass is 339 g/mol. The van der Waals surface area contributed by atoms with Crippen LogP contribution in [0.15, 0.2) is 17.0 Å². The van der Waals surface area contributed by atoms with Gasteiger partial charge in [-0.3, -0.25) is 4.79 Å². The van der Waals surface area contributed by atoms with Gasteiger partial charge in [0.1, 0.15) is 16.5 Å². The zero-order valence-electron chi connectivity index (χ0n) is 11.8. The molecule has 1 aromatic rings. The summed E-state index contributed by atoms with van der Waals surface area (Å²) in [6.45, 7) is 5.46. The van der Waals surface area contributed by atoms with E-state index in [2.05, 4.69) is 5.32 Å².